The van der Waals surface area contributed by atoms with Gasteiger partial charge in [-0.1, -0.05) is 6.07 Å². The number of carbonyl (C=O) groups is 1. The smallest absolute Gasteiger partial charge is 0.239 e. The maximum Gasteiger partial charge on any atom is 0.239 e. The Balaban J connectivity index is 1.32. The minimum atomic E-state index is -0.281. The zero-order valence-electron chi connectivity index (χ0n) is 16.4. The molecule has 7 nitrogen and oxygen atoms in total. The first-order valence-corrected chi connectivity index (χ1v) is 10.1. The average Bonchev–Trinajstić information content (AvgIpc) is 3.40. The number of aromatic nitrogens is 2. The van der Waals surface area contributed by atoms with Crippen molar-refractivity contribution in [3.63, 3.8) is 0 Å². The molecule has 3 unspecified atom stereocenters. The van der Waals surface area contributed by atoms with Crippen molar-refractivity contribution in [2.24, 2.45) is 0 Å². The van der Waals surface area contributed by atoms with E-state index < -0.39 is 0 Å². The summed E-state index contributed by atoms with van der Waals surface area (Å²) in [5, 5.41) is 4.44. The lowest BCUT2D eigenvalue weighted by molar-refractivity contribution is -0.123. The van der Waals surface area contributed by atoms with E-state index in [1.54, 1.807) is 13.3 Å². The Labute approximate surface area is 169 Å². The molecular weight excluding hydrogens is 366 g/mol. The first-order chi connectivity index (χ1) is 14.2. The van der Waals surface area contributed by atoms with Gasteiger partial charge in [0, 0.05) is 22.8 Å². The molecule has 3 heterocycles. The molecular formula is C22H25N5O2. The van der Waals surface area contributed by atoms with Crippen LogP contribution in [-0.4, -0.2) is 29.0 Å². The predicted octanol–water partition coefficient (Wildman–Crippen LogP) is 2.67. The number of H-pyrrole nitrogens is 1. The van der Waals surface area contributed by atoms with Gasteiger partial charge < -0.3 is 15.0 Å². The number of hydrogen-bond donors (Lipinski definition) is 4. The molecule has 0 radical (unpaired) electrons. The van der Waals surface area contributed by atoms with E-state index in [0.717, 1.165) is 41.9 Å². The summed E-state index contributed by atoms with van der Waals surface area (Å²) in [5.41, 5.74) is 10.8. The second kappa shape index (κ2) is 7.50. The maximum absolute atomic E-state index is 12.9. The van der Waals surface area contributed by atoms with Crippen LogP contribution in [0, 0.1) is 0 Å². The SMILES string of the molecule is COc1ccc2[nH]c3c(c2c1)CCCC3NC(=O)C1CC(c2ccccn2)NN1. The van der Waals surface area contributed by atoms with Crippen molar-refractivity contribution in [1.29, 1.82) is 0 Å². The molecule has 0 bridgehead atoms. The molecule has 1 aromatic carbocycles. The highest BCUT2D eigenvalue weighted by Crippen LogP contribution is 2.36. The van der Waals surface area contributed by atoms with E-state index in [-0.39, 0.29) is 24.0 Å². The molecule has 0 spiro atoms. The van der Waals surface area contributed by atoms with Crippen LogP contribution in [0.3, 0.4) is 0 Å². The Morgan fingerprint density at radius 2 is 2.17 bits per heavy atom. The first-order valence-electron chi connectivity index (χ1n) is 10.1. The van der Waals surface area contributed by atoms with Crippen LogP contribution in [0.15, 0.2) is 42.6 Å². The molecule has 1 saturated heterocycles. The second-order valence-corrected chi connectivity index (χ2v) is 7.77. The van der Waals surface area contributed by atoms with Crippen molar-refractivity contribution < 1.29 is 9.53 Å². The van der Waals surface area contributed by atoms with Gasteiger partial charge in [0.05, 0.1) is 24.9 Å². The Hall–Kier alpha value is -2.90. The summed E-state index contributed by atoms with van der Waals surface area (Å²) in [6.07, 6.45) is 5.45. The summed E-state index contributed by atoms with van der Waals surface area (Å²) in [7, 11) is 1.68. The molecule has 4 N–H and O–H groups in total. The van der Waals surface area contributed by atoms with Crippen LogP contribution in [0.5, 0.6) is 5.75 Å². The minimum absolute atomic E-state index is 0.000320. The number of fused-ring (bicyclic) bond motifs is 3. The number of aryl methyl sites for hydroxylation is 1. The van der Waals surface area contributed by atoms with Gasteiger partial charge in [0.1, 0.15) is 11.8 Å². The first kappa shape index (κ1) is 18.1. The fourth-order valence-electron chi connectivity index (χ4n) is 4.49. The van der Waals surface area contributed by atoms with Crippen LogP contribution in [-0.2, 0) is 11.2 Å². The normalized spacial score (nSPS) is 23.7. The molecule has 1 aliphatic heterocycles. The van der Waals surface area contributed by atoms with E-state index in [9.17, 15) is 4.79 Å². The third kappa shape index (κ3) is 3.36. The highest BCUT2D eigenvalue weighted by Gasteiger charge is 2.33. The van der Waals surface area contributed by atoms with Crippen molar-refractivity contribution in [3.8, 4) is 5.75 Å². The number of hydrogen-bond acceptors (Lipinski definition) is 5. The molecule has 2 aromatic heterocycles. The van der Waals surface area contributed by atoms with Crippen LogP contribution in [0.2, 0.25) is 0 Å². The van der Waals surface area contributed by atoms with Crippen LogP contribution < -0.4 is 20.9 Å². The van der Waals surface area contributed by atoms with Crippen molar-refractivity contribution in [2.45, 2.75) is 43.8 Å². The average molecular weight is 391 g/mol. The van der Waals surface area contributed by atoms with Crippen LogP contribution in [0.25, 0.3) is 10.9 Å². The number of amides is 1. The molecule has 0 saturated carbocycles. The zero-order valence-corrected chi connectivity index (χ0v) is 16.4. The summed E-state index contributed by atoms with van der Waals surface area (Å²) < 4.78 is 5.38. The Bertz CT molecular complexity index is 1030. The number of rotatable bonds is 4. The number of methoxy groups -OCH3 is 1. The zero-order chi connectivity index (χ0) is 19.8. The van der Waals surface area contributed by atoms with Crippen molar-refractivity contribution in [2.75, 3.05) is 7.11 Å². The molecule has 2 aliphatic rings. The number of nitrogens with one attached hydrogen (secondary N) is 4. The molecule has 29 heavy (non-hydrogen) atoms. The number of benzene rings is 1. The highest BCUT2D eigenvalue weighted by molar-refractivity contribution is 5.87. The van der Waals surface area contributed by atoms with Gasteiger partial charge in [0.15, 0.2) is 0 Å². The lowest BCUT2D eigenvalue weighted by Gasteiger charge is -2.25. The Morgan fingerprint density at radius 3 is 3.00 bits per heavy atom. The van der Waals surface area contributed by atoms with E-state index in [1.807, 2.05) is 30.3 Å². The van der Waals surface area contributed by atoms with Crippen molar-refractivity contribution >= 4 is 16.8 Å². The fourth-order valence-corrected chi connectivity index (χ4v) is 4.49. The number of pyridine rings is 1. The molecule has 5 rings (SSSR count). The molecule has 1 fully saturated rings. The van der Waals surface area contributed by atoms with Gasteiger partial charge in [0.2, 0.25) is 5.91 Å². The number of aromatic amines is 1. The number of carbonyl (C=O) groups excluding carboxylic acids is 1. The monoisotopic (exact) mass is 391 g/mol. The standard InChI is InChI=1S/C22H25N5O2/c1-29-13-8-9-16-15(11-13)14-5-4-7-18(21(14)24-16)25-22(28)20-12-19(26-27-20)17-6-2-3-10-23-17/h2-3,6,8-11,18-20,24,26-27H,4-5,7,12H2,1H3,(H,25,28). The highest BCUT2D eigenvalue weighted by atomic mass is 16.5. The molecule has 3 aromatic rings. The van der Waals surface area contributed by atoms with Gasteiger partial charge in [-0.15, -0.1) is 0 Å². The quantitative estimate of drug-likeness (QED) is 0.549. The van der Waals surface area contributed by atoms with E-state index in [0.29, 0.717) is 6.42 Å². The van der Waals surface area contributed by atoms with Crippen LogP contribution in [0.4, 0.5) is 0 Å². The summed E-state index contributed by atoms with van der Waals surface area (Å²) >= 11 is 0. The molecule has 1 amide bonds. The fraction of sp³-hybridized carbons (Fsp3) is 0.364. The van der Waals surface area contributed by atoms with Gasteiger partial charge in [-0.3, -0.25) is 9.78 Å². The van der Waals surface area contributed by atoms with E-state index in [2.05, 4.69) is 32.2 Å². The molecule has 7 heteroatoms. The summed E-state index contributed by atoms with van der Waals surface area (Å²) in [5.74, 6) is 0.872. The largest absolute Gasteiger partial charge is 0.497 e. The summed E-state index contributed by atoms with van der Waals surface area (Å²) in [6.45, 7) is 0. The Morgan fingerprint density at radius 1 is 1.24 bits per heavy atom. The molecule has 3 atom stereocenters. The molecule has 150 valence electrons. The lowest BCUT2D eigenvalue weighted by Crippen LogP contribution is -2.45. The lowest BCUT2D eigenvalue weighted by atomic mass is 9.91. The topological polar surface area (TPSA) is 91.1 Å². The Kier molecular flexibility index (Phi) is 4.69. The summed E-state index contributed by atoms with van der Waals surface area (Å²) in [4.78, 5) is 20.9. The van der Waals surface area contributed by atoms with Crippen molar-refractivity contribution in [3.05, 3.63) is 59.5 Å². The van der Waals surface area contributed by atoms with Crippen LogP contribution in [0.1, 0.15) is 48.3 Å². The van der Waals surface area contributed by atoms with Crippen LogP contribution >= 0.6 is 0 Å². The van der Waals surface area contributed by atoms with Gasteiger partial charge >= 0.3 is 0 Å². The van der Waals surface area contributed by atoms with Gasteiger partial charge in [-0.05, 0) is 61.6 Å². The van der Waals surface area contributed by atoms with E-state index in [4.69, 9.17) is 4.74 Å². The predicted molar refractivity (Wildman–Crippen MR) is 110 cm³/mol. The second-order valence-electron chi connectivity index (χ2n) is 7.77. The third-order valence-electron chi connectivity index (χ3n) is 6.00. The summed E-state index contributed by atoms with van der Waals surface area (Å²) in [6, 6.07) is 11.7. The number of ether oxygens (including phenoxy) is 1. The van der Waals surface area contributed by atoms with Gasteiger partial charge in [-0.2, -0.15) is 0 Å². The number of hydrazine groups is 1. The minimum Gasteiger partial charge on any atom is -0.497 e. The third-order valence-corrected chi connectivity index (χ3v) is 6.00. The number of nitrogens with zero attached hydrogens (tertiary/aromatic N) is 1. The van der Waals surface area contributed by atoms with E-state index in [1.165, 1.54) is 10.9 Å². The van der Waals surface area contributed by atoms with Gasteiger partial charge in [-0.25, -0.2) is 10.9 Å². The van der Waals surface area contributed by atoms with E-state index >= 15 is 0 Å². The van der Waals surface area contributed by atoms with Gasteiger partial charge in [0.25, 0.3) is 0 Å². The molecule has 1 aliphatic carbocycles. The maximum atomic E-state index is 12.9. The van der Waals surface area contributed by atoms with Crippen molar-refractivity contribution in [1.82, 2.24) is 26.1 Å².